The molecule has 2 aromatic carbocycles. The van der Waals surface area contributed by atoms with Gasteiger partial charge in [0.05, 0.1) is 33.3 Å². The average molecular weight is 550 g/mol. The molecule has 0 fully saturated rings. The molecule has 210 valence electrons. The van der Waals surface area contributed by atoms with Gasteiger partial charge >= 0.3 is 0 Å². The maximum absolute atomic E-state index is 13.8. The lowest BCUT2D eigenvalue weighted by atomic mass is 10.1. The number of nitrogens with one attached hydrogen (secondary N) is 1. The number of hydrogen-bond acceptors (Lipinski definition) is 7. The number of ether oxygens (including phenoxy) is 3. The van der Waals surface area contributed by atoms with Crippen LogP contribution in [0.2, 0.25) is 0 Å². The van der Waals surface area contributed by atoms with Gasteiger partial charge in [0, 0.05) is 19.2 Å². The summed E-state index contributed by atoms with van der Waals surface area (Å²) in [7, 11) is 0.543. The molecule has 0 aliphatic rings. The molecule has 0 saturated carbocycles. The van der Waals surface area contributed by atoms with Crippen molar-refractivity contribution in [2.24, 2.45) is 5.92 Å². The van der Waals surface area contributed by atoms with Crippen molar-refractivity contribution in [3.8, 4) is 17.2 Å². The Kier molecular flexibility index (Phi) is 11.2. The van der Waals surface area contributed by atoms with Gasteiger partial charge in [-0.3, -0.25) is 13.9 Å². The highest BCUT2D eigenvalue weighted by atomic mass is 32.2. The van der Waals surface area contributed by atoms with Gasteiger partial charge in [-0.15, -0.1) is 0 Å². The van der Waals surface area contributed by atoms with Gasteiger partial charge in [0.25, 0.3) is 0 Å². The Morgan fingerprint density at radius 1 is 0.947 bits per heavy atom. The van der Waals surface area contributed by atoms with Crippen LogP contribution in [-0.2, 0) is 26.2 Å². The highest BCUT2D eigenvalue weighted by molar-refractivity contribution is 7.92. The molecule has 0 saturated heterocycles. The molecule has 1 N–H and O–H groups in total. The first-order valence-electron chi connectivity index (χ1n) is 12.3. The molecule has 10 nitrogen and oxygen atoms in total. The molecular weight excluding hydrogens is 510 g/mol. The number of anilines is 1. The van der Waals surface area contributed by atoms with E-state index in [4.69, 9.17) is 14.2 Å². The quantitative estimate of drug-likeness (QED) is 0.385. The van der Waals surface area contributed by atoms with Crippen LogP contribution >= 0.6 is 0 Å². The molecule has 38 heavy (non-hydrogen) atoms. The fraction of sp³-hybridized carbons (Fsp3) is 0.481. The van der Waals surface area contributed by atoms with Crippen molar-refractivity contribution < 1.29 is 32.2 Å². The van der Waals surface area contributed by atoms with Crippen LogP contribution in [0.15, 0.2) is 42.5 Å². The Morgan fingerprint density at radius 2 is 1.55 bits per heavy atom. The number of amides is 2. The molecule has 0 aliphatic heterocycles. The molecular formula is C27H39N3O7S. The zero-order chi connectivity index (χ0) is 28.5. The lowest BCUT2D eigenvalue weighted by Crippen LogP contribution is -2.52. The molecule has 2 aromatic rings. The molecule has 0 heterocycles. The van der Waals surface area contributed by atoms with Crippen molar-refractivity contribution in [2.75, 3.05) is 45.0 Å². The third kappa shape index (κ3) is 8.27. The molecule has 0 bridgehead atoms. The SMILES string of the molecule is CC[C@H](C(=O)NCC(C)C)N(Cc1ccc(OC)cc1)C(=O)CN(c1ccc(OC)cc1OC)S(C)(=O)=O. The van der Waals surface area contributed by atoms with Crippen LogP contribution in [0.5, 0.6) is 17.2 Å². The maximum atomic E-state index is 13.8. The van der Waals surface area contributed by atoms with Gasteiger partial charge in [-0.1, -0.05) is 32.9 Å². The largest absolute Gasteiger partial charge is 0.497 e. The Balaban J connectivity index is 2.49. The minimum absolute atomic E-state index is 0.105. The predicted molar refractivity (Wildman–Crippen MR) is 147 cm³/mol. The predicted octanol–water partition coefficient (Wildman–Crippen LogP) is 3.06. The molecule has 0 radical (unpaired) electrons. The lowest BCUT2D eigenvalue weighted by molar-refractivity contribution is -0.140. The first kappa shape index (κ1) is 30.8. The summed E-state index contributed by atoms with van der Waals surface area (Å²) < 4.78 is 42.5. The summed E-state index contributed by atoms with van der Waals surface area (Å²) in [5.41, 5.74) is 0.952. The van der Waals surface area contributed by atoms with Crippen LogP contribution in [0.3, 0.4) is 0 Å². The molecule has 0 aliphatic carbocycles. The first-order chi connectivity index (χ1) is 17.9. The van der Waals surface area contributed by atoms with Crippen LogP contribution in [-0.4, -0.2) is 71.8 Å². The summed E-state index contributed by atoms with van der Waals surface area (Å²) in [6.45, 7) is 5.81. The number of rotatable bonds is 14. The summed E-state index contributed by atoms with van der Waals surface area (Å²) in [6.07, 6.45) is 1.36. The second-order valence-electron chi connectivity index (χ2n) is 9.24. The third-order valence-electron chi connectivity index (χ3n) is 5.92. The molecule has 2 amide bonds. The van der Waals surface area contributed by atoms with Gasteiger partial charge in [-0.05, 0) is 42.2 Å². The van der Waals surface area contributed by atoms with Gasteiger partial charge < -0.3 is 24.4 Å². The zero-order valence-corrected chi connectivity index (χ0v) is 24.0. The summed E-state index contributed by atoms with van der Waals surface area (Å²) in [6, 6.07) is 11.0. The van der Waals surface area contributed by atoms with Crippen LogP contribution in [0, 0.1) is 5.92 Å². The summed E-state index contributed by atoms with van der Waals surface area (Å²) >= 11 is 0. The van der Waals surface area contributed by atoms with Crippen molar-refractivity contribution in [2.45, 2.75) is 39.8 Å². The molecule has 0 unspecified atom stereocenters. The standard InChI is InChI=1S/C27H39N3O7S/c1-8-23(27(32)28-16-19(2)3)29(17-20-9-11-21(35-4)12-10-20)26(31)18-30(38(7,33)34)24-14-13-22(36-5)15-25(24)37-6/h9-15,19,23H,8,16-18H2,1-7H3,(H,28,32)/t23-/m1/s1. The summed E-state index contributed by atoms with van der Waals surface area (Å²) in [5, 5.41) is 2.90. The minimum atomic E-state index is -3.91. The van der Waals surface area contributed by atoms with Crippen molar-refractivity contribution in [1.29, 1.82) is 0 Å². The molecule has 0 aromatic heterocycles. The van der Waals surface area contributed by atoms with E-state index >= 15 is 0 Å². The Morgan fingerprint density at radius 3 is 2.05 bits per heavy atom. The van der Waals surface area contributed by atoms with Crippen molar-refractivity contribution in [3.63, 3.8) is 0 Å². The second kappa shape index (κ2) is 13.9. The normalized spacial score (nSPS) is 12.0. The second-order valence-corrected chi connectivity index (χ2v) is 11.1. The monoisotopic (exact) mass is 549 g/mol. The van der Waals surface area contributed by atoms with E-state index in [0.717, 1.165) is 16.1 Å². The van der Waals surface area contributed by atoms with Crippen LogP contribution in [0.25, 0.3) is 0 Å². The number of benzene rings is 2. The van der Waals surface area contributed by atoms with E-state index < -0.39 is 28.5 Å². The first-order valence-corrected chi connectivity index (χ1v) is 14.2. The summed E-state index contributed by atoms with van der Waals surface area (Å²) in [5.74, 6) is 0.755. The summed E-state index contributed by atoms with van der Waals surface area (Å²) in [4.78, 5) is 28.4. The van der Waals surface area contributed by atoms with E-state index in [-0.39, 0.29) is 29.8 Å². The zero-order valence-electron chi connectivity index (χ0n) is 23.2. The Labute approximate surface area is 225 Å². The van der Waals surface area contributed by atoms with Gasteiger partial charge in [0.15, 0.2) is 0 Å². The smallest absolute Gasteiger partial charge is 0.244 e. The molecule has 1 atom stereocenters. The number of sulfonamides is 1. The van der Waals surface area contributed by atoms with Gasteiger partial charge in [-0.2, -0.15) is 0 Å². The number of carbonyl (C=O) groups excluding carboxylic acids is 2. The van der Waals surface area contributed by atoms with Crippen LogP contribution in [0.4, 0.5) is 5.69 Å². The van der Waals surface area contributed by atoms with Crippen molar-refractivity contribution >= 4 is 27.5 Å². The van der Waals surface area contributed by atoms with Gasteiger partial charge in [0.2, 0.25) is 21.8 Å². The van der Waals surface area contributed by atoms with E-state index in [2.05, 4.69) is 5.32 Å². The van der Waals surface area contributed by atoms with Gasteiger partial charge in [-0.25, -0.2) is 8.42 Å². The van der Waals surface area contributed by atoms with E-state index in [9.17, 15) is 18.0 Å². The fourth-order valence-corrected chi connectivity index (χ4v) is 4.71. The van der Waals surface area contributed by atoms with E-state index in [1.54, 1.807) is 43.5 Å². The number of carbonyl (C=O) groups is 2. The lowest BCUT2D eigenvalue weighted by Gasteiger charge is -2.33. The molecule has 0 spiro atoms. The van der Waals surface area contributed by atoms with Crippen LogP contribution in [0.1, 0.15) is 32.8 Å². The van der Waals surface area contributed by atoms with Crippen molar-refractivity contribution in [1.82, 2.24) is 10.2 Å². The van der Waals surface area contributed by atoms with E-state index in [1.807, 2.05) is 20.8 Å². The highest BCUT2D eigenvalue weighted by Gasteiger charge is 2.32. The topological polar surface area (TPSA) is 114 Å². The average Bonchev–Trinajstić information content (AvgIpc) is 2.89. The fourth-order valence-electron chi connectivity index (χ4n) is 3.86. The number of nitrogens with zero attached hydrogens (tertiary/aromatic N) is 2. The Hall–Kier alpha value is -3.47. The Bertz CT molecular complexity index is 1180. The highest BCUT2D eigenvalue weighted by Crippen LogP contribution is 2.33. The maximum Gasteiger partial charge on any atom is 0.244 e. The van der Waals surface area contributed by atoms with E-state index in [1.165, 1.54) is 25.2 Å². The number of hydrogen-bond donors (Lipinski definition) is 1. The third-order valence-corrected chi connectivity index (χ3v) is 7.04. The van der Waals surface area contributed by atoms with Crippen molar-refractivity contribution in [3.05, 3.63) is 48.0 Å². The minimum Gasteiger partial charge on any atom is -0.497 e. The van der Waals surface area contributed by atoms with E-state index in [0.29, 0.717) is 24.5 Å². The molecule has 11 heteroatoms. The number of methoxy groups -OCH3 is 3. The molecule has 2 rings (SSSR count). The van der Waals surface area contributed by atoms with Crippen LogP contribution < -0.4 is 23.8 Å². The van der Waals surface area contributed by atoms with Gasteiger partial charge in [0.1, 0.15) is 29.8 Å².